The molecule has 2 atom stereocenters. The molecule has 3 N–H and O–H groups in total. The van der Waals surface area contributed by atoms with Crippen LogP contribution >= 0.6 is 23.4 Å². The van der Waals surface area contributed by atoms with Gasteiger partial charge in [0.15, 0.2) is 0 Å². The van der Waals surface area contributed by atoms with E-state index in [1.54, 1.807) is 11.8 Å². The van der Waals surface area contributed by atoms with Gasteiger partial charge in [-0.15, -0.1) is 5.10 Å². The minimum absolute atomic E-state index is 0.00465. The summed E-state index contributed by atoms with van der Waals surface area (Å²) >= 11 is 7.45. The molecule has 0 aliphatic rings. The van der Waals surface area contributed by atoms with E-state index in [9.17, 15) is 0 Å². The van der Waals surface area contributed by atoms with Crippen molar-refractivity contribution in [1.29, 1.82) is 0 Å². The second-order valence-electron chi connectivity index (χ2n) is 4.15. The van der Waals surface area contributed by atoms with E-state index in [-0.39, 0.29) is 11.3 Å². The average molecular weight is 283 g/mol. The number of halogens is 1. The third-order valence-corrected chi connectivity index (χ3v) is 4.09. The minimum atomic E-state index is -0.00465. The molecule has 1 heterocycles. The summed E-state index contributed by atoms with van der Waals surface area (Å²) in [4.78, 5) is 4.29. The van der Waals surface area contributed by atoms with Crippen LogP contribution < -0.4 is 5.73 Å². The summed E-state index contributed by atoms with van der Waals surface area (Å²) in [5.41, 5.74) is 7.17. The van der Waals surface area contributed by atoms with E-state index in [2.05, 4.69) is 15.2 Å². The number of hydrogen-bond acceptors (Lipinski definition) is 4. The van der Waals surface area contributed by atoms with Gasteiger partial charge in [0.1, 0.15) is 5.82 Å². The summed E-state index contributed by atoms with van der Waals surface area (Å²) in [5, 5.41) is 8.50. The molecule has 0 saturated carbocycles. The lowest BCUT2D eigenvalue weighted by Crippen LogP contribution is -2.22. The Kier molecular flexibility index (Phi) is 4.27. The fourth-order valence-electron chi connectivity index (χ4n) is 1.62. The Labute approximate surface area is 115 Å². The van der Waals surface area contributed by atoms with Crippen LogP contribution in [0.3, 0.4) is 0 Å². The van der Waals surface area contributed by atoms with Crippen LogP contribution in [0.5, 0.6) is 0 Å². The lowest BCUT2D eigenvalue weighted by Gasteiger charge is -2.19. The smallest absolute Gasteiger partial charge is 0.209 e. The molecule has 4 nitrogen and oxygen atoms in total. The maximum atomic E-state index is 6.04. The van der Waals surface area contributed by atoms with Gasteiger partial charge in [0, 0.05) is 11.1 Å². The first-order valence-corrected chi connectivity index (χ1v) is 6.88. The third-order valence-electron chi connectivity index (χ3n) is 2.49. The van der Waals surface area contributed by atoms with Crippen LogP contribution in [0.4, 0.5) is 0 Å². The van der Waals surface area contributed by atoms with Gasteiger partial charge in [0.25, 0.3) is 0 Å². The number of aromatic amines is 1. The van der Waals surface area contributed by atoms with Gasteiger partial charge in [-0.25, -0.2) is 4.98 Å². The molecule has 1 aromatic carbocycles. The van der Waals surface area contributed by atoms with Crippen LogP contribution in [0.15, 0.2) is 29.4 Å². The van der Waals surface area contributed by atoms with Crippen molar-refractivity contribution in [2.45, 2.75) is 30.3 Å². The average Bonchev–Trinajstić information content (AvgIpc) is 2.73. The Balaban J connectivity index is 2.20. The molecule has 0 radical (unpaired) electrons. The zero-order chi connectivity index (χ0) is 13.1. The molecule has 6 heteroatoms. The van der Waals surface area contributed by atoms with E-state index in [0.29, 0.717) is 5.16 Å². The van der Waals surface area contributed by atoms with Crippen LogP contribution in [0, 0.1) is 6.92 Å². The zero-order valence-corrected chi connectivity index (χ0v) is 11.8. The second-order valence-corrected chi connectivity index (χ2v) is 5.70. The number of nitrogens with two attached hydrogens (primary N) is 1. The molecule has 0 amide bonds. The van der Waals surface area contributed by atoms with Gasteiger partial charge in [0.2, 0.25) is 5.16 Å². The van der Waals surface area contributed by atoms with Gasteiger partial charge in [-0.2, -0.15) is 0 Å². The number of benzene rings is 1. The molecular formula is C12H15ClN4S. The molecule has 96 valence electrons. The van der Waals surface area contributed by atoms with Crippen LogP contribution in [0.2, 0.25) is 5.02 Å². The van der Waals surface area contributed by atoms with Crippen LogP contribution in [0.25, 0.3) is 0 Å². The SMILES string of the molecule is Cc1nc(SC(c2ccc(Cl)cc2)C(C)N)n[nH]1. The van der Waals surface area contributed by atoms with E-state index in [4.69, 9.17) is 17.3 Å². The maximum Gasteiger partial charge on any atom is 0.209 e. The number of nitrogens with zero attached hydrogens (tertiary/aromatic N) is 2. The molecule has 1 aromatic heterocycles. The van der Waals surface area contributed by atoms with Crippen molar-refractivity contribution in [3.8, 4) is 0 Å². The first kappa shape index (κ1) is 13.4. The van der Waals surface area contributed by atoms with Gasteiger partial charge in [-0.05, 0) is 31.5 Å². The molecule has 18 heavy (non-hydrogen) atoms. The number of rotatable bonds is 4. The normalized spacial score (nSPS) is 14.4. The van der Waals surface area contributed by atoms with Crippen molar-refractivity contribution in [2.24, 2.45) is 5.73 Å². The van der Waals surface area contributed by atoms with Crippen molar-refractivity contribution in [2.75, 3.05) is 0 Å². The minimum Gasteiger partial charge on any atom is -0.327 e. The lowest BCUT2D eigenvalue weighted by atomic mass is 10.1. The molecule has 0 aliphatic carbocycles. The van der Waals surface area contributed by atoms with E-state index in [0.717, 1.165) is 16.4 Å². The summed E-state index contributed by atoms with van der Waals surface area (Å²) in [6.07, 6.45) is 0. The molecule has 0 saturated heterocycles. The van der Waals surface area contributed by atoms with Crippen LogP contribution in [-0.4, -0.2) is 21.2 Å². The number of nitrogens with one attached hydrogen (secondary N) is 1. The summed E-state index contributed by atoms with van der Waals surface area (Å²) < 4.78 is 0. The van der Waals surface area contributed by atoms with Crippen molar-refractivity contribution in [1.82, 2.24) is 15.2 Å². The Hall–Kier alpha value is -1.04. The van der Waals surface area contributed by atoms with Crippen LogP contribution in [0.1, 0.15) is 23.6 Å². The van der Waals surface area contributed by atoms with Gasteiger partial charge < -0.3 is 5.73 Å². The predicted molar refractivity (Wildman–Crippen MR) is 74.8 cm³/mol. The van der Waals surface area contributed by atoms with Gasteiger partial charge in [-0.3, -0.25) is 5.10 Å². The molecule has 2 aromatic rings. The van der Waals surface area contributed by atoms with E-state index >= 15 is 0 Å². The van der Waals surface area contributed by atoms with Crippen molar-refractivity contribution < 1.29 is 0 Å². The summed E-state index contributed by atoms with van der Waals surface area (Å²) in [6.45, 7) is 3.85. The van der Waals surface area contributed by atoms with E-state index in [1.165, 1.54) is 0 Å². The van der Waals surface area contributed by atoms with E-state index < -0.39 is 0 Å². The summed E-state index contributed by atoms with van der Waals surface area (Å²) in [6, 6.07) is 7.72. The van der Waals surface area contributed by atoms with Gasteiger partial charge in [-0.1, -0.05) is 35.5 Å². The first-order chi connectivity index (χ1) is 8.56. The third kappa shape index (κ3) is 3.25. The predicted octanol–water partition coefficient (Wildman–Crippen LogP) is 2.95. The lowest BCUT2D eigenvalue weighted by molar-refractivity contribution is 0.718. The van der Waals surface area contributed by atoms with Gasteiger partial charge >= 0.3 is 0 Å². The van der Waals surface area contributed by atoms with Crippen molar-refractivity contribution >= 4 is 23.4 Å². The molecule has 2 rings (SSSR count). The molecule has 0 bridgehead atoms. The number of thioether (sulfide) groups is 1. The quantitative estimate of drug-likeness (QED) is 0.846. The topological polar surface area (TPSA) is 67.6 Å². The van der Waals surface area contributed by atoms with E-state index in [1.807, 2.05) is 38.1 Å². The Morgan fingerprint density at radius 3 is 2.50 bits per heavy atom. The number of H-pyrrole nitrogens is 1. The Bertz CT molecular complexity index is 509. The molecule has 0 fully saturated rings. The maximum absolute atomic E-state index is 6.04. The summed E-state index contributed by atoms with van der Waals surface area (Å²) in [7, 11) is 0. The highest BCUT2D eigenvalue weighted by molar-refractivity contribution is 7.99. The molecule has 0 spiro atoms. The number of aromatic nitrogens is 3. The van der Waals surface area contributed by atoms with Crippen molar-refractivity contribution in [3.05, 3.63) is 40.7 Å². The van der Waals surface area contributed by atoms with Gasteiger partial charge in [0.05, 0.1) is 5.25 Å². The highest BCUT2D eigenvalue weighted by Crippen LogP contribution is 2.35. The fraction of sp³-hybridized carbons (Fsp3) is 0.333. The second kappa shape index (κ2) is 5.73. The highest BCUT2D eigenvalue weighted by Gasteiger charge is 2.19. The number of hydrogen-bond donors (Lipinski definition) is 2. The Morgan fingerprint density at radius 1 is 1.33 bits per heavy atom. The first-order valence-electron chi connectivity index (χ1n) is 5.63. The standard InChI is InChI=1S/C12H15ClN4S/c1-7(14)11(9-3-5-10(13)6-4-9)18-12-15-8(2)16-17-12/h3-7,11H,14H2,1-2H3,(H,15,16,17). The molecule has 0 aliphatic heterocycles. The fourth-order valence-corrected chi connectivity index (χ4v) is 2.77. The largest absolute Gasteiger partial charge is 0.327 e. The molecular weight excluding hydrogens is 268 g/mol. The monoisotopic (exact) mass is 282 g/mol. The summed E-state index contributed by atoms with van der Waals surface area (Å²) in [5.74, 6) is 0.803. The van der Waals surface area contributed by atoms with Crippen molar-refractivity contribution in [3.63, 3.8) is 0 Å². The highest BCUT2D eigenvalue weighted by atomic mass is 35.5. The molecule has 2 unspecified atom stereocenters. The van der Waals surface area contributed by atoms with Crippen LogP contribution in [-0.2, 0) is 0 Å². The number of aryl methyl sites for hydroxylation is 1. The Morgan fingerprint density at radius 2 is 2.00 bits per heavy atom. The zero-order valence-electron chi connectivity index (χ0n) is 10.2.